The van der Waals surface area contributed by atoms with Crippen LogP contribution in [0.5, 0.6) is 0 Å². The SMILES string of the molecule is CC(C)COCCCNCc1ccc(/C(N)=N/O)cc1F. The smallest absolute Gasteiger partial charge is 0.170 e. The third-order valence-corrected chi connectivity index (χ3v) is 2.87. The maximum atomic E-state index is 13.8. The van der Waals surface area contributed by atoms with Crippen LogP contribution in [0.15, 0.2) is 23.4 Å². The quantitative estimate of drug-likeness (QED) is 0.214. The molecule has 1 rings (SSSR count). The third kappa shape index (κ3) is 6.55. The number of oxime groups is 1. The molecule has 0 aromatic heterocycles. The van der Waals surface area contributed by atoms with Gasteiger partial charge in [-0.2, -0.15) is 0 Å². The second-order valence-electron chi connectivity index (χ2n) is 5.29. The molecule has 0 bridgehead atoms. The molecule has 0 amide bonds. The van der Waals surface area contributed by atoms with E-state index in [2.05, 4.69) is 24.3 Å². The number of nitrogens with one attached hydrogen (secondary N) is 1. The Morgan fingerprint density at radius 2 is 2.24 bits per heavy atom. The zero-order valence-corrected chi connectivity index (χ0v) is 12.6. The fourth-order valence-electron chi connectivity index (χ4n) is 1.75. The van der Waals surface area contributed by atoms with Gasteiger partial charge in [0.15, 0.2) is 5.84 Å². The van der Waals surface area contributed by atoms with Gasteiger partial charge in [0.25, 0.3) is 0 Å². The Morgan fingerprint density at radius 1 is 1.48 bits per heavy atom. The molecular formula is C15H24FN3O2. The normalized spacial score (nSPS) is 12.1. The Kier molecular flexibility index (Phi) is 7.71. The summed E-state index contributed by atoms with van der Waals surface area (Å²) in [5, 5.41) is 14.5. The van der Waals surface area contributed by atoms with Gasteiger partial charge in [0.05, 0.1) is 0 Å². The zero-order valence-electron chi connectivity index (χ0n) is 12.6. The van der Waals surface area contributed by atoms with Crippen molar-refractivity contribution < 1.29 is 14.3 Å². The maximum absolute atomic E-state index is 13.8. The lowest BCUT2D eigenvalue weighted by Crippen LogP contribution is -2.18. The summed E-state index contributed by atoms with van der Waals surface area (Å²) < 4.78 is 19.3. The van der Waals surface area contributed by atoms with Gasteiger partial charge in [-0.1, -0.05) is 31.1 Å². The van der Waals surface area contributed by atoms with Crippen LogP contribution in [-0.2, 0) is 11.3 Å². The second kappa shape index (κ2) is 9.31. The van der Waals surface area contributed by atoms with E-state index in [-0.39, 0.29) is 11.7 Å². The van der Waals surface area contributed by atoms with Crippen molar-refractivity contribution in [2.45, 2.75) is 26.8 Å². The molecule has 0 heterocycles. The average Bonchev–Trinajstić information content (AvgIpc) is 2.46. The topological polar surface area (TPSA) is 79.9 Å². The number of hydrogen-bond donors (Lipinski definition) is 3. The van der Waals surface area contributed by atoms with E-state index in [1.165, 1.54) is 6.07 Å². The Balaban J connectivity index is 2.30. The average molecular weight is 297 g/mol. The Bertz CT molecular complexity index is 464. The number of halogens is 1. The maximum Gasteiger partial charge on any atom is 0.170 e. The summed E-state index contributed by atoms with van der Waals surface area (Å²) in [6, 6.07) is 4.52. The van der Waals surface area contributed by atoms with Gasteiger partial charge >= 0.3 is 0 Å². The molecule has 0 fully saturated rings. The summed E-state index contributed by atoms with van der Waals surface area (Å²) in [6.45, 7) is 6.89. The Hall–Kier alpha value is -1.66. The highest BCUT2D eigenvalue weighted by Gasteiger charge is 2.06. The number of ether oxygens (including phenoxy) is 1. The van der Waals surface area contributed by atoms with E-state index in [0.717, 1.165) is 19.6 Å². The Morgan fingerprint density at radius 3 is 2.86 bits per heavy atom. The summed E-state index contributed by atoms with van der Waals surface area (Å²) in [7, 11) is 0. The molecule has 0 saturated heterocycles. The standard InChI is InChI=1S/C15H24FN3O2/c1-11(2)10-21-7-3-6-18-9-13-5-4-12(8-14(13)16)15(17)19-20/h4-5,8,11,18,20H,3,6-7,9-10H2,1-2H3,(H2,17,19). The monoisotopic (exact) mass is 297 g/mol. The molecule has 0 aliphatic rings. The summed E-state index contributed by atoms with van der Waals surface area (Å²) in [4.78, 5) is 0. The van der Waals surface area contributed by atoms with Crippen LogP contribution < -0.4 is 11.1 Å². The molecule has 0 unspecified atom stereocenters. The lowest BCUT2D eigenvalue weighted by molar-refractivity contribution is 0.108. The molecule has 21 heavy (non-hydrogen) atoms. The molecular weight excluding hydrogens is 273 g/mol. The molecule has 0 aliphatic heterocycles. The van der Waals surface area contributed by atoms with Crippen molar-refractivity contribution in [3.05, 3.63) is 35.1 Å². The first kappa shape index (κ1) is 17.4. The third-order valence-electron chi connectivity index (χ3n) is 2.87. The van der Waals surface area contributed by atoms with Gasteiger partial charge in [0, 0.05) is 30.9 Å². The van der Waals surface area contributed by atoms with Crippen molar-refractivity contribution in [1.29, 1.82) is 0 Å². The summed E-state index contributed by atoms with van der Waals surface area (Å²) in [5.74, 6) is 0.0684. The highest BCUT2D eigenvalue weighted by molar-refractivity contribution is 5.97. The number of nitrogens with two attached hydrogens (primary N) is 1. The van der Waals surface area contributed by atoms with Crippen LogP contribution in [-0.4, -0.2) is 30.8 Å². The lowest BCUT2D eigenvalue weighted by Gasteiger charge is -2.09. The van der Waals surface area contributed by atoms with Gasteiger partial charge in [-0.3, -0.25) is 0 Å². The minimum absolute atomic E-state index is 0.101. The largest absolute Gasteiger partial charge is 0.409 e. The van der Waals surface area contributed by atoms with Crippen molar-refractivity contribution in [2.24, 2.45) is 16.8 Å². The molecule has 6 heteroatoms. The van der Waals surface area contributed by atoms with Crippen LogP contribution in [0.3, 0.4) is 0 Å². The Labute approximate surface area is 125 Å². The molecule has 5 nitrogen and oxygen atoms in total. The zero-order chi connectivity index (χ0) is 15.7. The number of hydrogen-bond acceptors (Lipinski definition) is 4. The molecule has 0 aliphatic carbocycles. The second-order valence-corrected chi connectivity index (χ2v) is 5.29. The highest BCUT2D eigenvalue weighted by Crippen LogP contribution is 2.10. The van der Waals surface area contributed by atoms with Crippen LogP contribution in [0.2, 0.25) is 0 Å². The van der Waals surface area contributed by atoms with E-state index in [4.69, 9.17) is 15.7 Å². The minimum Gasteiger partial charge on any atom is -0.409 e. The minimum atomic E-state index is -0.373. The van der Waals surface area contributed by atoms with E-state index >= 15 is 0 Å². The first-order valence-electron chi connectivity index (χ1n) is 7.09. The summed E-state index contributed by atoms with van der Waals surface area (Å²) in [5.41, 5.74) is 6.32. The number of nitrogens with zero attached hydrogens (tertiary/aromatic N) is 1. The molecule has 1 aromatic carbocycles. The van der Waals surface area contributed by atoms with Gasteiger partial charge in [-0.05, 0) is 24.9 Å². The van der Waals surface area contributed by atoms with Crippen LogP contribution in [0, 0.1) is 11.7 Å². The van der Waals surface area contributed by atoms with Gasteiger partial charge in [0.2, 0.25) is 0 Å². The van der Waals surface area contributed by atoms with Crippen molar-refractivity contribution in [3.8, 4) is 0 Å². The predicted molar refractivity (Wildman–Crippen MR) is 80.9 cm³/mol. The fourth-order valence-corrected chi connectivity index (χ4v) is 1.75. The van der Waals surface area contributed by atoms with Gasteiger partial charge < -0.3 is 21.0 Å². The van der Waals surface area contributed by atoms with Crippen molar-refractivity contribution in [1.82, 2.24) is 5.32 Å². The number of rotatable bonds is 9. The molecule has 0 radical (unpaired) electrons. The molecule has 118 valence electrons. The van der Waals surface area contributed by atoms with E-state index < -0.39 is 0 Å². The molecule has 0 atom stereocenters. The van der Waals surface area contributed by atoms with Crippen LogP contribution in [0.25, 0.3) is 0 Å². The van der Waals surface area contributed by atoms with Crippen LogP contribution in [0.1, 0.15) is 31.4 Å². The van der Waals surface area contributed by atoms with E-state index in [1.807, 2.05) is 0 Å². The van der Waals surface area contributed by atoms with E-state index in [9.17, 15) is 4.39 Å². The van der Waals surface area contributed by atoms with Crippen molar-refractivity contribution >= 4 is 5.84 Å². The first-order chi connectivity index (χ1) is 10.0. The highest BCUT2D eigenvalue weighted by atomic mass is 19.1. The van der Waals surface area contributed by atoms with Crippen LogP contribution >= 0.6 is 0 Å². The van der Waals surface area contributed by atoms with Crippen molar-refractivity contribution in [3.63, 3.8) is 0 Å². The van der Waals surface area contributed by atoms with E-state index in [1.54, 1.807) is 12.1 Å². The van der Waals surface area contributed by atoms with Crippen molar-refractivity contribution in [2.75, 3.05) is 19.8 Å². The number of benzene rings is 1. The summed E-state index contributed by atoms with van der Waals surface area (Å²) >= 11 is 0. The lowest BCUT2D eigenvalue weighted by atomic mass is 10.1. The summed E-state index contributed by atoms with van der Waals surface area (Å²) in [6.07, 6.45) is 0.885. The first-order valence-corrected chi connectivity index (χ1v) is 7.09. The molecule has 4 N–H and O–H groups in total. The molecule has 1 aromatic rings. The molecule has 0 saturated carbocycles. The number of amidine groups is 1. The van der Waals surface area contributed by atoms with Gasteiger partial charge in [0.1, 0.15) is 5.82 Å². The van der Waals surface area contributed by atoms with Gasteiger partial charge in [-0.25, -0.2) is 4.39 Å². The fraction of sp³-hybridized carbons (Fsp3) is 0.533. The molecule has 0 spiro atoms. The van der Waals surface area contributed by atoms with Crippen LogP contribution in [0.4, 0.5) is 4.39 Å². The van der Waals surface area contributed by atoms with Gasteiger partial charge in [-0.15, -0.1) is 0 Å². The predicted octanol–water partition coefficient (Wildman–Crippen LogP) is 2.07. The van der Waals surface area contributed by atoms with E-state index in [0.29, 0.717) is 30.2 Å².